The van der Waals surface area contributed by atoms with Crippen LogP contribution in [0.25, 0.3) is 0 Å². The molecule has 3 nitrogen and oxygen atoms in total. The van der Waals surface area contributed by atoms with Gasteiger partial charge in [0.15, 0.2) is 0 Å². The zero-order chi connectivity index (χ0) is 15.3. The first kappa shape index (κ1) is 16.8. The molecule has 1 saturated carbocycles. The van der Waals surface area contributed by atoms with Crippen LogP contribution in [0.2, 0.25) is 0 Å². The van der Waals surface area contributed by atoms with Gasteiger partial charge < -0.3 is 14.8 Å². The number of rotatable bonds is 6. The van der Waals surface area contributed by atoms with Crippen molar-refractivity contribution >= 4 is 15.9 Å². The van der Waals surface area contributed by atoms with E-state index in [0.29, 0.717) is 6.04 Å². The van der Waals surface area contributed by atoms with E-state index in [0.717, 1.165) is 29.5 Å². The smallest absolute Gasteiger partial charge is 0.133 e. The Morgan fingerprint density at radius 2 is 1.95 bits per heavy atom. The minimum Gasteiger partial charge on any atom is -0.496 e. The van der Waals surface area contributed by atoms with E-state index in [-0.39, 0.29) is 5.60 Å². The molecule has 21 heavy (non-hydrogen) atoms. The third-order valence-electron chi connectivity index (χ3n) is 4.75. The first-order valence-electron chi connectivity index (χ1n) is 7.70. The summed E-state index contributed by atoms with van der Waals surface area (Å²) in [5.41, 5.74) is 1.27. The van der Waals surface area contributed by atoms with Gasteiger partial charge in [-0.3, -0.25) is 0 Å². The van der Waals surface area contributed by atoms with Gasteiger partial charge in [-0.15, -0.1) is 0 Å². The predicted molar refractivity (Wildman–Crippen MR) is 90.1 cm³/mol. The Morgan fingerprint density at radius 1 is 1.24 bits per heavy atom. The van der Waals surface area contributed by atoms with Crippen LogP contribution in [-0.2, 0) is 11.2 Å². The zero-order valence-electron chi connectivity index (χ0n) is 13.2. The fourth-order valence-corrected chi connectivity index (χ4v) is 4.06. The molecule has 0 amide bonds. The van der Waals surface area contributed by atoms with Gasteiger partial charge in [0.25, 0.3) is 0 Å². The quantitative estimate of drug-likeness (QED) is 0.838. The molecule has 1 aromatic rings. The molecule has 1 atom stereocenters. The van der Waals surface area contributed by atoms with Crippen LogP contribution in [0, 0.1) is 0 Å². The van der Waals surface area contributed by atoms with Crippen molar-refractivity contribution in [3.8, 4) is 5.75 Å². The van der Waals surface area contributed by atoms with E-state index in [1.807, 2.05) is 20.2 Å². The second kappa shape index (κ2) is 7.61. The maximum Gasteiger partial charge on any atom is 0.133 e. The summed E-state index contributed by atoms with van der Waals surface area (Å²) in [4.78, 5) is 0. The molecule has 0 saturated heterocycles. The lowest BCUT2D eigenvalue weighted by Gasteiger charge is -2.42. The minimum absolute atomic E-state index is 0.0284. The summed E-state index contributed by atoms with van der Waals surface area (Å²) in [6.45, 7) is 0. The highest BCUT2D eigenvalue weighted by Crippen LogP contribution is 2.36. The van der Waals surface area contributed by atoms with Gasteiger partial charge in [0.2, 0.25) is 0 Å². The van der Waals surface area contributed by atoms with Crippen LogP contribution >= 0.6 is 15.9 Å². The second-order valence-electron chi connectivity index (χ2n) is 5.84. The Bertz CT molecular complexity index is 458. The normalized spacial score (nSPS) is 19.2. The molecule has 0 spiro atoms. The highest BCUT2D eigenvalue weighted by molar-refractivity contribution is 9.10. The van der Waals surface area contributed by atoms with Crippen molar-refractivity contribution in [1.82, 2.24) is 5.32 Å². The van der Waals surface area contributed by atoms with E-state index in [2.05, 4.69) is 33.4 Å². The van der Waals surface area contributed by atoms with E-state index in [9.17, 15) is 0 Å². The first-order valence-corrected chi connectivity index (χ1v) is 8.49. The summed E-state index contributed by atoms with van der Waals surface area (Å²) in [7, 11) is 5.59. The lowest BCUT2D eigenvalue weighted by molar-refractivity contribution is -0.0657. The SMILES string of the molecule is CNC(Cc1ccc(OC)c(Br)c1)C1(OC)CCCCC1. The van der Waals surface area contributed by atoms with Crippen LogP contribution in [0.1, 0.15) is 37.7 Å². The molecule has 1 unspecified atom stereocenters. The van der Waals surface area contributed by atoms with Gasteiger partial charge in [-0.2, -0.15) is 0 Å². The summed E-state index contributed by atoms with van der Waals surface area (Å²) < 4.78 is 12.3. The maximum absolute atomic E-state index is 5.98. The lowest BCUT2D eigenvalue weighted by Crippen LogP contribution is -2.53. The van der Waals surface area contributed by atoms with Gasteiger partial charge in [0.1, 0.15) is 5.75 Å². The molecular weight excluding hydrogens is 330 g/mol. The third kappa shape index (κ3) is 3.79. The fraction of sp³-hybridized carbons (Fsp3) is 0.647. The Balaban J connectivity index is 2.16. The molecule has 2 rings (SSSR count). The monoisotopic (exact) mass is 355 g/mol. The van der Waals surface area contributed by atoms with E-state index < -0.39 is 0 Å². The third-order valence-corrected chi connectivity index (χ3v) is 5.37. The van der Waals surface area contributed by atoms with E-state index in [4.69, 9.17) is 9.47 Å². The first-order chi connectivity index (χ1) is 10.1. The van der Waals surface area contributed by atoms with Gasteiger partial charge >= 0.3 is 0 Å². The summed E-state index contributed by atoms with van der Waals surface area (Å²) >= 11 is 3.57. The van der Waals surface area contributed by atoms with Crippen LogP contribution in [0.15, 0.2) is 22.7 Å². The van der Waals surface area contributed by atoms with Crippen molar-refractivity contribution in [1.29, 1.82) is 0 Å². The lowest BCUT2D eigenvalue weighted by atomic mass is 9.77. The van der Waals surface area contributed by atoms with Crippen molar-refractivity contribution in [3.05, 3.63) is 28.2 Å². The van der Waals surface area contributed by atoms with Crippen molar-refractivity contribution in [2.45, 2.75) is 50.2 Å². The molecule has 1 aliphatic carbocycles. The topological polar surface area (TPSA) is 30.5 Å². The number of nitrogens with one attached hydrogen (secondary N) is 1. The van der Waals surface area contributed by atoms with E-state index in [1.165, 1.54) is 24.8 Å². The van der Waals surface area contributed by atoms with Crippen LogP contribution in [0.3, 0.4) is 0 Å². The van der Waals surface area contributed by atoms with E-state index in [1.54, 1.807) is 7.11 Å². The molecule has 0 heterocycles. The Labute approximate surface area is 136 Å². The number of hydrogen-bond donors (Lipinski definition) is 1. The minimum atomic E-state index is -0.0284. The van der Waals surface area contributed by atoms with Crippen molar-refractivity contribution in [2.75, 3.05) is 21.3 Å². The summed E-state index contributed by atoms with van der Waals surface area (Å²) in [6.07, 6.45) is 7.11. The summed E-state index contributed by atoms with van der Waals surface area (Å²) in [6, 6.07) is 6.64. The van der Waals surface area contributed by atoms with Gasteiger partial charge in [-0.1, -0.05) is 25.3 Å². The molecular formula is C17H26BrNO2. The van der Waals surface area contributed by atoms with Crippen molar-refractivity contribution < 1.29 is 9.47 Å². The standard InChI is InChI=1S/C17H26BrNO2/c1-19-16(17(21-3)9-5-4-6-10-17)12-13-7-8-15(20-2)14(18)11-13/h7-8,11,16,19H,4-6,9-10,12H2,1-3H3. The Morgan fingerprint density at radius 3 is 2.48 bits per heavy atom. The van der Waals surface area contributed by atoms with Crippen LogP contribution in [-0.4, -0.2) is 32.9 Å². The summed E-state index contributed by atoms with van der Waals surface area (Å²) in [5, 5.41) is 3.49. The average molecular weight is 356 g/mol. The maximum atomic E-state index is 5.98. The Kier molecular flexibility index (Phi) is 6.08. The number of ether oxygens (including phenoxy) is 2. The second-order valence-corrected chi connectivity index (χ2v) is 6.70. The molecule has 0 aromatic heterocycles. The molecule has 1 aliphatic rings. The number of hydrogen-bond acceptors (Lipinski definition) is 3. The highest BCUT2D eigenvalue weighted by Gasteiger charge is 2.39. The Hall–Kier alpha value is -0.580. The molecule has 118 valence electrons. The average Bonchev–Trinajstić information content (AvgIpc) is 2.53. The van der Waals surface area contributed by atoms with Gasteiger partial charge in [0.05, 0.1) is 17.2 Å². The van der Waals surface area contributed by atoms with Crippen molar-refractivity contribution in [3.63, 3.8) is 0 Å². The van der Waals surface area contributed by atoms with Crippen LogP contribution in [0.5, 0.6) is 5.75 Å². The molecule has 0 aliphatic heterocycles. The molecule has 1 fully saturated rings. The molecule has 1 aromatic carbocycles. The number of methoxy groups -OCH3 is 2. The summed E-state index contributed by atoms with van der Waals surface area (Å²) in [5.74, 6) is 0.874. The van der Waals surface area contributed by atoms with Crippen LogP contribution in [0.4, 0.5) is 0 Å². The molecule has 0 bridgehead atoms. The zero-order valence-corrected chi connectivity index (χ0v) is 14.8. The predicted octanol–water partition coefficient (Wildman–Crippen LogP) is 3.94. The fourth-order valence-electron chi connectivity index (χ4n) is 3.47. The van der Waals surface area contributed by atoms with Gasteiger partial charge in [-0.05, 0) is 59.9 Å². The largest absolute Gasteiger partial charge is 0.496 e. The molecule has 4 heteroatoms. The number of likely N-dealkylation sites (N-methyl/N-ethyl adjacent to an activating group) is 1. The highest BCUT2D eigenvalue weighted by atomic mass is 79.9. The molecule has 0 radical (unpaired) electrons. The number of benzene rings is 1. The van der Waals surface area contributed by atoms with E-state index >= 15 is 0 Å². The van der Waals surface area contributed by atoms with Crippen LogP contribution < -0.4 is 10.1 Å². The van der Waals surface area contributed by atoms with Gasteiger partial charge in [-0.25, -0.2) is 0 Å². The molecule has 1 N–H and O–H groups in total. The number of halogens is 1. The van der Waals surface area contributed by atoms with Gasteiger partial charge in [0, 0.05) is 13.2 Å². The van der Waals surface area contributed by atoms with Crippen molar-refractivity contribution in [2.24, 2.45) is 0 Å².